The Morgan fingerprint density at radius 3 is 2.52 bits per heavy atom. The summed E-state index contributed by atoms with van der Waals surface area (Å²) in [5.74, 6) is 0.127. The van der Waals surface area contributed by atoms with Gasteiger partial charge in [0.2, 0.25) is 0 Å². The largest absolute Gasteiger partial charge is 0.416 e. The topological polar surface area (TPSA) is 56.0 Å². The molecule has 0 aliphatic carbocycles. The van der Waals surface area contributed by atoms with Crippen LogP contribution in [-0.2, 0) is 22.7 Å². The van der Waals surface area contributed by atoms with Crippen molar-refractivity contribution in [3.8, 4) is 0 Å². The molecule has 8 heteroatoms. The van der Waals surface area contributed by atoms with Crippen molar-refractivity contribution in [2.45, 2.75) is 16.8 Å². The molecule has 2 N–H and O–H groups in total. The van der Waals surface area contributed by atoms with Crippen molar-refractivity contribution in [2.75, 3.05) is 5.73 Å². The van der Waals surface area contributed by atoms with E-state index in [0.29, 0.717) is 5.56 Å². The van der Waals surface area contributed by atoms with E-state index in [9.17, 15) is 17.4 Å². The molecule has 0 radical (unpaired) electrons. The SMILES string of the molecule is Nc1cc(C(F)(F)F)ccc1S(=O)Cc1cncc(Br)c1. The molecule has 1 aromatic carbocycles. The summed E-state index contributed by atoms with van der Waals surface area (Å²) < 4.78 is 50.6. The van der Waals surface area contributed by atoms with Gasteiger partial charge in [-0.1, -0.05) is 0 Å². The first-order valence-corrected chi connectivity index (χ1v) is 7.83. The summed E-state index contributed by atoms with van der Waals surface area (Å²) in [4.78, 5) is 4.12. The minimum absolute atomic E-state index is 0.127. The van der Waals surface area contributed by atoms with E-state index in [1.54, 1.807) is 18.5 Å². The third-order valence-electron chi connectivity index (χ3n) is 2.64. The van der Waals surface area contributed by atoms with E-state index in [2.05, 4.69) is 20.9 Å². The smallest absolute Gasteiger partial charge is 0.398 e. The third-order valence-corrected chi connectivity index (χ3v) is 4.53. The van der Waals surface area contributed by atoms with E-state index in [1.165, 1.54) is 0 Å². The van der Waals surface area contributed by atoms with Crippen LogP contribution in [0.5, 0.6) is 0 Å². The fourth-order valence-electron chi connectivity index (χ4n) is 1.70. The van der Waals surface area contributed by atoms with Crippen LogP contribution in [0.3, 0.4) is 0 Å². The fourth-order valence-corrected chi connectivity index (χ4v) is 3.27. The second-order valence-electron chi connectivity index (χ2n) is 4.25. The Labute approximate surface area is 130 Å². The maximum Gasteiger partial charge on any atom is 0.416 e. The first-order valence-electron chi connectivity index (χ1n) is 5.72. The number of nitrogen functional groups attached to an aromatic ring is 1. The Balaban J connectivity index is 2.24. The summed E-state index contributed by atoms with van der Waals surface area (Å²) in [6, 6.07) is 4.57. The highest BCUT2D eigenvalue weighted by Gasteiger charge is 2.31. The van der Waals surface area contributed by atoms with Gasteiger partial charge >= 0.3 is 6.18 Å². The van der Waals surface area contributed by atoms with Gasteiger partial charge in [-0.3, -0.25) is 9.19 Å². The molecule has 112 valence electrons. The summed E-state index contributed by atoms with van der Waals surface area (Å²) in [7, 11) is -1.54. The van der Waals surface area contributed by atoms with Crippen molar-refractivity contribution in [3.05, 3.63) is 52.3 Å². The van der Waals surface area contributed by atoms with Crippen LogP contribution in [0.4, 0.5) is 18.9 Å². The van der Waals surface area contributed by atoms with Crippen molar-refractivity contribution in [2.24, 2.45) is 0 Å². The predicted molar refractivity (Wildman–Crippen MR) is 77.9 cm³/mol. The molecule has 0 spiro atoms. The first kappa shape index (κ1) is 16.0. The predicted octanol–water partition coefficient (Wildman–Crippen LogP) is 3.75. The van der Waals surface area contributed by atoms with Crippen LogP contribution in [0.15, 0.2) is 46.0 Å². The van der Waals surface area contributed by atoms with Crippen LogP contribution in [-0.4, -0.2) is 9.19 Å². The number of pyridine rings is 1. The molecule has 0 saturated carbocycles. The molecule has 1 aromatic heterocycles. The number of halogens is 4. The van der Waals surface area contributed by atoms with Gasteiger partial charge in [0.25, 0.3) is 0 Å². The molecule has 21 heavy (non-hydrogen) atoms. The fraction of sp³-hybridized carbons (Fsp3) is 0.154. The summed E-state index contributed by atoms with van der Waals surface area (Å²) in [6.45, 7) is 0. The van der Waals surface area contributed by atoms with Crippen molar-refractivity contribution >= 4 is 32.4 Å². The van der Waals surface area contributed by atoms with E-state index in [-0.39, 0.29) is 16.3 Å². The lowest BCUT2D eigenvalue weighted by molar-refractivity contribution is -0.137. The number of rotatable bonds is 3. The van der Waals surface area contributed by atoms with Crippen molar-refractivity contribution in [1.29, 1.82) is 0 Å². The Morgan fingerprint density at radius 1 is 1.24 bits per heavy atom. The van der Waals surface area contributed by atoms with Gasteiger partial charge in [-0.05, 0) is 45.8 Å². The average Bonchev–Trinajstić information content (AvgIpc) is 2.37. The molecule has 0 amide bonds. The number of aromatic nitrogens is 1. The van der Waals surface area contributed by atoms with Gasteiger partial charge in [0.1, 0.15) is 0 Å². The van der Waals surface area contributed by atoms with Gasteiger partial charge in [0.05, 0.1) is 27.0 Å². The highest BCUT2D eigenvalue weighted by molar-refractivity contribution is 9.10. The maximum atomic E-state index is 12.5. The second kappa shape index (κ2) is 6.15. The zero-order valence-corrected chi connectivity index (χ0v) is 12.9. The molecular formula is C13H10BrF3N2OS. The molecule has 3 nitrogen and oxygen atoms in total. The van der Waals surface area contributed by atoms with Gasteiger partial charge < -0.3 is 5.73 Å². The number of alkyl halides is 3. The molecule has 1 heterocycles. The molecule has 0 saturated heterocycles. The molecule has 1 unspecified atom stereocenters. The van der Waals surface area contributed by atoms with E-state index in [1.807, 2.05) is 0 Å². The van der Waals surface area contributed by atoms with Crippen molar-refractivity contribution < 1.29 is 17.4 Å². The van der Waals surface area contributed by atoms with Crippen LogP contribution in [0.2, 0.25) is 0 Å². The maximum absolute atomic E-state index is 12.5. The molecule has 2 aromatic rings. The summed E-state index contributed by atoms with van der Waals surface area (Å²) in [5.41, 5.74) is 5.29. The molecule has 0 aliphatic rings. The number of nitrogens with two attached hydrogens (primary N) is 1. The normalized spacial score (nSPS) is 13.1. The van der Waals surface area contributed by atoms with E-state index < -0.39 is 22.5 Å². The standard InChI is InChI=1S/C13H10BrF3N2OS/c14-10-3-8(5-19-6-10)7-21(20)12-2-1-9(4-11(12)18)13(15,16)17/h1-6H,7,18H2. The van der Waals surface area contributed by atoms with Crippen LogP contribution < -0.4 is 5.73 Å². The van der Waals surface area contributed by atoms with Crippen molar-refractivity contribution in [1.82, 2.24) is 4.98 Å². The van der Waals surface area contributed by atoms with E-state index in [4.69, 9.17) is 5.73 Å². The highest BCUT2D eigenvalue weighted by Crippen LogP contribution is 2.32. The quantitative estimate of drug-likeness (QED) is 0.827. The Bertz CT molecular complexity index is 691. The van der Waals surface area contributed by atoms with Crippen LogP contribution in [0.1, 0.15) is 11.1 Å². The number of anilines is 1. The molecule has 0 aliphatic heterocycles. The number of benzene rings is 1. The Morgan fingerprint density at radius 2 is 1.95 bits per heavy atom. The number of hydrogen-bond acceptors (Lipinski definition) is 3. The van der Waals surface area contributed by atoms with Gasteiger partial charge in [-0.15, -0.1) is 0 Å². The van der Waals surface area contributed by atoms with Gasteiger partial charge in [-0.2, -0.15) is 13.2 Å². The number of nitrogens with zero attached hydrogens (tertiary/aromatic N) is 1. The van der Waals surface area contributed by atoms with Crippen LogP contribution >= 0.6 is 15.9 Å². The second-order valence-corrected chi connectivity index (χ2v) is 6.59. The van der Waals surface area contributed by atoms with Gasteiger partial charge in [-0.25, -0.2) is 0 Å². The van der Waals surface area contributed by atoms with E-state index >= 15 is 0 Å². The molecule has 0 bridgehead atoms. The molecular weight excluding hydrogens is 369 g/mol. The van der Waals surface area contributed by atoms with Crippen LogP contribution in [0.25, 0.3) is 0 Å². The van der Waals surface area contributed by atoms with Crippen LogP contribution in [0, 0.1) is 0 Å². The molecule has 2 rings (SSSR count). The molecule has 1 atom stereocenters. The monoisotopic (exact) mass is 378 g/mol. The summed E-state index contributed by atoms with van der Waals surface area (Å²) >= 11 is 3.24. The first-order chi connectivity index (χ1) is 9.77. The van der Waals surface area contributed by atoms with Gasteiger partial charge in [0, 0.05) is 22.6 Å². The zero-order chi connectivity index (χ0) is 15.6. The highest BCUT2D eigenvalue weighted by atomic mass is 79.9. The average molecular weight is 379 g/mol. The Hall–Kier alpha value is -1.41. The minimum Gasteiger partial charge on any atom is -0.398 e. The third kappa shape index (κ3) is 4.04. The lowest BCUT2D eigenvalue weighted by Crippen LogP contribution is -2.08. The lowest BCUT2D eigenvalue weighted by atomic mass is 10.2. The lowest BCUT2D eigenvalue weighted by Gasteiger charge is -2.10. The van der Waals surface area contributed by atoms with Crippen molar-refractivity contribution in [3.63, 3.8) is 0 Å². The zero-order valence-electron chi connectivity index (χ0n) is 10.5. The summed E-state index contributed by atoms with van der Waals surface area (Å²) in [6.07, 6.45) is -1.34. The van der Waals surface area contributed by atoms with E-state index in [0.717, 1.165) is 22.7 Å². The minimum atomic E-state index is -4.47. The molecule has 0 fully saturated rings. The summed E-state index contributed by atoms with van der Waals surface area (Å²) in [5, 5.41) is 0. The Kier molecular flexibility index (Phi) is 4.67. The van der Waals surface area contributed by atoms with Gasteiger partial charge in [0.15, 0.2) is 0 Å². The number of hydrogen-bond donors (Lipinski definition) is 1.